The fourth-order valence-corrected chi connectivity index (χ4v) is 4.39. The molecule has 0 aliphatic carbocycles. The van der Waals surface area contributed by atoms with Crippen LogP contribution in [0.5, 0.6) is 5.75 Å². The van der Waals surface area contributed by atoms with Gasteiger partial charge < -0.3 is 15.4 Å². The van der Waals surface area contributed by atoms with Gasteiger partial charge in [0.15, 0.2) is 6.61 Å². The average molecular weight is 414 g/mol. The minimum atomic E-state index is -0.307. The van der Waals surface area contributed by atoms with Gasteiger partial charge in [0.1, 0.15) is 16.5 Å². The van der Waals surface area contributed by atoms with Crippen LogP contribution in [0.3, 0.4) is 0 Å². The summed E-state index contributed by atoms with van der Waals surface area (Å²) >= 11 is 1.35. The maximum atomic E-state index is 12.7. The third kappa shape index (κ3) is 3.95. The van der Waals surface area contributed by atoms with Crippen molar-refractivity contribution in [3.8, 4) is 5.75 Å². The first-order valence-corrected chi connectivity index (χ1v) is 10.4. The molecule has 8 nitrogen and oxygen atoms in total. The van der Waals surface area contributed by atoms with E-state index in [2.05, 4.69) is 4.98 Å². The maximum Gasteiger partial charge on any atom is 0.273 e. The van der Waals surface area contributed by atoms with Gasteiger partial charge in [0, 0.05) is 24.4 Å². The molecule has 0 spiro atoms. The van der Waals surface area contributed by atoms with Gasteiger partial charge in [-0.15, -0.1) is 11.3 Å². The van der Waals surface area contributed by atoms with Crippen molar-refractivity contribution in [1.29, 1.82) is 0 Å². The van der Waals surface area contributed by atoms with Gasteiger partial charge in [-0.25, -0.2) is 4.98 Å². The number of rotatable bonds is 4. The quantitative estimate of drug-likeness (QED) is 0.820. The predicted molar refractivity (Wildman–Crippen MR) is 108 cm³/mol. The van der Waals surface area contributed by atoms with Crippen LogP contribution in [-0.2, 0) is 16.1 Å². The molecule has 3 amide bonds. The fraction of sp³-hybridized carbons (Fsp3) is 0.400. The second-order valence-corrected chi connectivity index (χ2v) is 8.28. The molecule has 1 aromatic carbocycles. The number of piperidine rings is 1. The van der Waals surface area contributed by atoms with Gasteiger partial charge in [-0.1, -0.05) is 6.07 Å². The number of hydrogen-bond acceptors (Lipinski definition) is 6. The summed E-state index contributed by atoms with van der Waals surface area (Å²) in [5, 5.41) is 2.40. The number of carbonyl (C=O) groups excluding carboxylic acids is 3. The summed E-state index contributed by atoms with van der Waals surface area (Å²) in [5.74, 6) is -0.0905. The smallest absolute Gasteiger partial charge is 0.273 e. The van der Waals surface area contributed by atoms with Crippen LogP contribution in [0, 0.1) is 12.8 Å². The fourth-order valence-electron chi connectivity index (χ4n) is 3.63. The largest absolute Gasteiger partial charge is 0.482 e. The van der Waals surface area contributed by atoms with Crippen LogP contribution in [-0.4, -0.2) is 47.3 Å². The molecular weight excluding hydrogens is 392 g/mol. The topological polar surface area (TPSA) is 106 Å². The Labute approximate surface area is 172 Å². The van der Waals surface area contributed by atoms with Crippen molar-refractivity contribution >= 4 is 34.7 Å². The van der Waals surface area contributed by atoms with Crippen molar-refractivity contribution in [3.63, 3.8) is 0 Å². The number of thiazole rings is 1. The van der Waals surface area contributed by atoms with Crippen LogP contribution in [0.25, 0.3) is 0 Å². The van der Waals surface area contributed by atoms with E-state index in [1.165, 1.54) is 11.3 Å². The molecule has 152 valence electrons. The monoisotopic (exact) mass is 414 g/mol. The second kappa shape index (κ2) is 7.82. The number of fused-ring (bicyclic) bond motifs is 1. The van der Waals surface area contributed by atoms with Gasteiger partial charge in [0.05, 0.1) is 12.2 Å². The summed E-state index contributed by atoms with van der Waals surface area (Å²) in [6.07, 6.45) is 1.16. The Morgan fingerprint density at radius 2 is 2.07 bits per heavy atom. The SMILES string of the molecule is Cc1ccc2c(c1)OCC(=O)N2Cc1nc(C(=O)N2CCC(C(N)=O)CC2)cs1. The third-order valence-electron chi connectivity index (χ3n) is 5.31. The number of ether oxygens (including phenoxy) is 1. The van der Waals surface area contributed by atoms with E-state index in [4.69, 9.17) is 10.5 Å². The maximum absolute atomic E-state index is 12.7. The lowest BCUT2D eigenvalue weighted by molar-refractivity contribution is -0.123. The lowest BCUT2D eigenvalue weighted by atomic mass is 9.96. The summed E-state index contributed by atoms with van der Waals surface area (Å²) in [6.45, 7) is 3.24. The highest BCUT2D eigenvalue weighted by Crippen LogP contribution is 2.34. The van der Waals surface area contributed by atoms with Gasteiger partial charge in [-0.2, -0.15) is 0 Å². The Morgan fingerprint density at radius 3 is 2.79 bits per heavy atom. The second-order valence-electron chi connectivity index (χ2n) is 7.34. The molecule has 29 heavy (non-hydrogen) atoms. The van der Waals surface area contributed by atoms with E-state index in [0.29, 0.717) is 54.6 Å². The normalized spacial score (nSPS) is 17.1. The molecule has 9 heteroatoms. The van der Waals surface area contributed by atoms with Crippen molar-refractivity contribution in [2.75, 3.05) is 24.6 Å². The van der Waals surface area contributed by atoms with E-state index in [0.717, 1.165) is 5.56 Å². The Hall–Kier alpha value is -2.94. The van der Waals surface area contributed by atoms with E-state index >= 15 is 0 Å². The van der Waals surface area contributed by atoms with Crippen molar-refractivity contribution in [2.24, 2.45) is 11.7 Å². The number of primary amides is 1. The molecule has 1 aromatic heterocycles. The summed E-state index contributed by atoms with van der Waals surface area (Å²) in [5.41, 5.74) is 7.49. The average Bonchev–Trinajstić information content (AvgIpc) is 3.18. The summed E-state index contributed by atoms with van der Waals surface area (Å²) in [6, 6.07) is 5.70. The Morgan fingerprint density at radius 1 is 1.31 bits per heavy atom. The Bertz CT molecular complexity index is 965. The summed E-state index contributed by atoms with van der Waals surface area (Å²) in [4.78, 5) is 44.2. The summed E-state index contributed by atoms with van der Waals surface area (Å²) in [7, 11) is 0. The van der Waals surface area contributed by atoms with Crippen LogP contribution in [0.2, 0.25) is 0 Å². The van der Waals surface area contributed by atoms with E-state index in [-0.39, 0.29) is 30.2 Å². The molecule has 0 unspecified atom stereocenters. The van der Waals surface area contributed by atoms with E-state index in [1.54, 1.807) is 15.2 Å². The zero-order chi connectivity index (χ0) is 20.5. The molecule has 0 atom stereocenters. The molecule has 2 aliphatic heterocycles. The predicted octanol–water partition coefficient (Wildman–Crippen LogP) is 1.71. The number of aromatic nitrogens is 1. The molecule has 4 rings (SSSR count). The van der Waals surface area contributed by atoms with E-state index in [9.17, 15) is 14.4 Å². The van der Waals surface area contributed by atoms with Crippen LogP contribution in [0.15, 0.2) is 23.6 Å². The minimum absolute atomic E-state index is 0.0115. The van der Waals surface area contributed by atoms with Gasteiger partial charge in [0.25, 0.3) is 11.8 Å². The van der Waals surface area contributed by atoms with Crippen LogP contribution in [0.1, 0.15) is 33.9 Å². The number of nitrogens with two attached hydrogens (primary N) is 1. The number of carbonyl (C=O) groups is 3. The lowest BCUT2D eigenvalue weighted by Crippen LogP contribution is -2.41. The van der Waals surface area contributed by atoms with Crippen molar-refractivity contribution < 1.29 is 19.1 Å². The standard InChI is InChI=1S/C20H22N4O4S/c1-12-2-3-15-16(8-12)28-10-18(25)24(15)9-17-22-14(11-29-17)20(27)23-6-4-13(5-7-23)19(21)26/h2-3,8,11,13H,4-7,9-10H2,1H3,(H2,21,26). The highest BCUT2D eigenvalue weighted by molar-refractivity contribution is 7.09. The molecule has 1 saturated heterocycles. The van der Waals surface area contributed by atoms with Gasteiger partial charge in [-0.05, 0) is 37.5 Å². The number of nitrogens with zero attached hydrogens (tertiary/aromatic N) is 3. The van der Waals surface area contributed by atoms with Crippen LogP contribution in [0.4, 0.5) is 5.69 Å². The molecule has 0 bridgehead atoms. The summed E-state index contributed by atoms with van der Waals surface area (Å²) < 4.78 is 5.53. The highest BCUT2D eigenvalue weighted by Gasteiger charge is 2.29. The van der Waals surface area contributed by atoms with Gasteiger partial charge >= 0.3 is 0 Å². The van der Waals surface area contributed by atoms with E-state index < -0.39 is 0 Å². The van der Waals surface area contributed by atoms with Crippen LogP contribution < -0.4 is 15.4 Å². The van der Waals surface area contributed by atoms with Gasteiger partial charge in [-0.3, -0.25) is 19.3 Å². The van der Waals surface area contributed by atoms with Crippen molar-refractivity contribution in [2.45, 2.75) is 26.3 Å². The third-order valence-corrected chi connectivity index (χ3v) is 6.14. The molecule has 3 heterocycles. The number of benzene rings is 1. The number of hydrogen-bond donors (Lipinski definition) is 1. The van der Waals surface area contributed by atoms with Crippen molar-refractivity contribution in [1.82, 2.24) is 9.88 Å². The molecule has 2 aliphatic rings. The highest BCUT2D eigenvalue weighted by atomic mass is 32.1. The molecule has 2 aromatic rings. The first kappa shape index (κ1) is 19.4. The zero-order valence-electron chi connectivity index (χ0n) is 16.1. The molecule has 0 saturated carbocycles. The first-order chi connectivity index (χ1) is 13.9. The molecule has 1 fully saturated rings. The number of aryl methyl sites for hydroxylation is 1. The minimum Gasteiger partial charge on any atom is -0.482 e. The molecule has 0 radical (unpaired) electrons. The molecule has 2 N–H and O–H groups in total. The van der Waals surface area contributed by atoms with Crippen LogP contribution >= 0.6 is 11.3 Å². The zero-order valence-corrected chi connectivity index (χ0v) is 16.9. The first-order valence-electron chi connectivity index (χ1n) is 9.49. The lowest BCUT2D eigenvalue weighted by Gasteiger charge is -2.30. The Balaban J connectivity index is 1.45. The van der Waals surface area contributed by atoms with E-state index in [1.807, 2.05) is 25.1 Å². The van der Waals surface area contributed by atoms with Crippen molar-refractivity contribution in [3.05, 3.63) is 39.8 Å². The Kier molecular flexibility index (Phi) is 5.23. The van der Waals surface area contributed by atoms with Gasteiger partial charge in [0.2, 0.25) is 5.91 Å². The number of amides is 3. The number of anilines is 1. The number of likely N-dealkylation sites (tertiary alicyclic amines) is 1. The molecular formula is C20H22N4O4S.